The second-order valence-corrected chi connectivity index (χ2v) is 11.0. The molecular weight excluding hydrogens is 240 g/mol. The van der Waals surface area contributed by atoms with E-state index in [9.17, 15) is 0 Å². The predicted octanol–water partition coefficient (Wildman–Crippen LogP) is 3.10. The Morgan fingerprint density at radius 2 is 1.83 bits per heavy atom. The number of rotatable bonds is 5. The average Bonchev–Trinajstić information content (AvgIpc) is 2.26. The van der Waals surface area contributed by atoms with E-state index in [1.165, 1.54) is 0 Å². The molecule has 0 aliphatic carbocycles. The van der Waals surface area contributed by atoms with Crippen LogP contribution < -0.4 is 5.73 Å². The maximum absolute atomic E-state index is 6.16. The molecule has 0 unspecified atom stereocenters. The first-order valence-corrected chi connectivity index (χ1v) is 9.46. The smallest absolute Gasteiger partial charge is 0.192 e. The summed E-state index contributed by atoms with van der Waals surface area (Å²) in [7, 11) is -1.69. The van der Waals surface area contributed by atoms with Crippen molar-refractivity contribution in [1.82, 2.24) is 4.98 Å². The third-order valence-electron chi connectivity index (χ3n) is 3.65. The van der Waals surface area contributed by atoms with Crippen molar-refractivity contribution in [1.29, 1.82) is 0 Å². The molecule has 1 heterocycles. The fraction of sp³-hybridized carbons (Fsp3) is 0.643. The Morgan fingerprint density at radius 3 is 2.39 bits per heavy atom. The number of nitrogens with two attached hydrogens (primary N) is 1. The Morgan fingerprint density at radius 1 is 1.22 bits per heavy atom. The summed E-state index contributed by atoms with van der Waals surface area (Å²) in [6, 6.07) is 6.07. The van der Waals surface area contributed by atoms with Crippen LogP contribution in [-0.4, -0.2) is 19.8 Å². The van der Waals surface area contributed by atoms with Crippen LogP contribution in [0.1, 0.15) is 32.2 Å². The molecule has 0 saturated carbocycles. The van der Waals surface area contributed by atoms with E-state index < -0.39 is 8.32 Å². The van der Waals surface area contributed by atoms with Gasteiger partial charge in [-0.1, -0.05) is 26.8 Å². The Labute approximate surface area is 112 Å². The lowest BCUT2D eigenvalue weighted by Crippen LogP contribution is -2.40. The van der Waals surface area contributed by atoms with Crippen molar-refractivity contribution in [3.05, 3.63) is 29.6 Å². The molecule has 1 aromatic heterocycles. The van der Waals surface area contributed by atoms with Gasteiger partial charge in [0.15, 0.2) is 8.32 Å². The second kappa shape index (κ2) is 5.95. The zero-order chi connectivity index (χ0) is 13.8. The molecule has 0 spiro atoms. The van der Waals surface area contributed by atoms with E-state index in [1.54, 1.807) is 0 Å². The largest absolute Gasteiger partial charge is 0.411 e. The van der Waals surface area contributed by atoms with Gasteiger partial charge in [0.25, 0.3) is 0 Å². The van der Waals surface area contributed by atoms with E-state index in [0.29, 0.717) is 13.2 Å². The summed E-state index contributed by atoms with van der Waals surface area (Å²) in [4.78, 5) is 4.56. The van der Waals surface area contributed by atoms with Gasteiger partial charge in [0.05, 0.1) is 12.3 Å². The molecule has 0 aliphatic heterocycles. The maximum Gasteiger partial charge on any atom is 0.192 e. The monoisotopic (exact) mass is 266 g/mol. The molecule has 0 saturated heterocycles. The molecule has 1 rings (SSSR count). The summed E-state index contributed by atoms with van der Waals surface area (Å²) >= 11 is 0. The minimum atomic E-state index is -1.69. The highest BCUT2D eigenvalue weighted by molar-refractivity contribution is 6.74. The highest BCUT2D eigenvalue weighted by Crippen LogP contribution is 2.36. The number of aromatic nitrogens is 1. The lowest BCUT2D eigenvalue weighted by atomic mass is 10.2. The molecule has 1 aromatic rings. The maximum atomic E-state index is 6.16. The normalized spacial score (nSPS) is 12.8. The number of nitrogens with zero attached hydrogens (tertiary/aromatic N) is 1. The highest BCUT2D eigenvalue weighted by Gasteiger charge is 2.37. The van der Waals surface area contributed by atoms with Crippen molar-refractivity contribution in [3.8, 4) is 0 Å². The van der Waals surface area contributed by atoms with Gasteiger partial charge in [-0.15, -0.1) is 0 Å². The van der Waals surface area contributed by atoms with Gasteiger partial charge in [-0.3, -0.25) is 4.98 Å². The molecule has 0 radical (unpaired) electrons. The third-order valence-corrected chi connectivity index (χ3v) is 8.13. The average molecular weight is 266 g/mol. The minimum Gasteiger partial charge on any atom is -0.411 e. The van der Waals surface area contributed by atoms with Gasteiger partial charge in [0.1, 0.15) is 0 Å². The van der Waals surface area contributed by atoms with Crippen molar-refractivity contribution < 1.29 is 4.43 Å². The topological polar surface area (TPSA) is 48.1 Å². The Kier molecular flexibility index (Phi) is 5.07. The minimum absolute atomic E-state index is 0.238. The third kappa shape index (κ3) is 4.19. The lowest BCUT2D eigenvalue weighted by molar-refractivity contribution is 0.272. The Hall–Kier alpha value is -0.713. The molecule has 0 bridgehead atoms. The SMILES string of the molecule is CC(C)(C)[Si](C)(C)OCc1cccc(CCN)n1. The van der Waals surface area contributed by atoms with Crippen molar-refractivity contribution in [2.75, 3.05) is 6.54 Å². The fourth-order valence-corrected chi connectivity index (χ4v) is 2.31. The Balaban J connectivity index is 2.66. The number of pyridine rings is 1. The van der Waals surface area contributed by atoms with Crippen LogP contribution in [0.15, 0.2) is 18.2 Å². The quantitative estimate of drug-likeness (QED) is 0.833. The van der Waals surface area contributed by atoms with Gasteiger partial charge in [-0.05, 0) is 36.8 Å². The van der Waals surface area contributed by atoms with Crippen molar-refractivity contribution >= 4 is 8.32 Å². The molecule has 2 N–H and O–H groups in total. The van der Waals surface area contributed by atoms with E-state index >= 15 is 0 Å². The van der Waals surface area contributed by atoms with Gasteiger partial charge in [-0.2, -0.15) is 0 Å². The van der Waals surface area contributed by atoms with Gasteiger partial charge in [-0.25, -0.2) is 0 Å². The summed E-state index contributed by atoms with van der Waals surface area (Å²) in [5, 5.41) is 0.238. The summed E-state index contributed by atoms with van der Waals surface area (Å²) in [6.45, 7) is 12.5. The first-order valence-electron chi connectivity index (χ1n) is 6.55. The zero-order valence-corrected chi connectivity index (χ0v) is 13.3. The van der Waals surface area contributed by atoms with E-state index in [4.69, 9.17) is 10.2 Å². The van der Waals surface area contributed by atoms with Crippen LogP contribution >= 0.6 is 0 Å². The van der Waals surface area contributed by atoms with Crippen LogP contribution in [0, 0.1) is 0 Å². The first kappa shape index (κ1) is 15.3. The van der Waals surface area contributed by atoms with Crippen LogP contribution in [0.4, 0.5) is 0 Å². The van der Waals surface area contributed by atoms with Crippen LogP contribution in [0.25, 0.3) is 0 Å². The first-order chi connectivity index (χ1) is 8.26. The molecule has 0 aromatic carbocycles. The summed E-state index contributed by atoms with van der Waals surface area (Å²) in [6.07, 6.45) is 0.827. The van der Waals surface area contributed by atoms with Crippen molar-refractivity contribution in [2.24, 2.45) is 5.73 Å². The van der Waals surface area contributed by atoms with Crippen molar-refractivity contribution in [3.63, 3.8) is 0 Å². The standard InChI is InChI=1S/C14H26N2OSi/c1-14(2,3)18(4,5)17-11-13-8-6-7-12(16-13)9-10-15/h6-8H,9-11,15H2,1-5H3. The number of hydrogen-bond donors (Lipinski definition) is 1. The van der Waals surface area contributed by atoms with Gasteiger partial charge in [0.2, 0.25) is 0 Å². The highest BCUT2D eigenvalue weighted by atomic mass is 28.4. The van der Waals surface area contributed by atoms with E-state index in [1.807, 2.05) is 18.2 Å². The molecule has 0 aliphatic rings. The summed E-state index contributed by atoms with van der Waals surface area (Å²) in [5.74, 6) is 0. The second-order valence-electron chi connectivity index (χ2n) is 6.21. The molecular formula is C14H26N2OSi. The van der Waals surface area contributed by atoms with Crippen LogP contribution in [0.5, 0.6) is 0 Å². The lowest BCUT2D eigenvalue weighted by Gasteiger charge is -2.36. The van der Waals surface area contributed by atoms with Crippen LogP contribution in [-0.2, 0) is 17.5 Å². The summed E-state index contributed by atoms with van der Waals surface area (Å²) in [5.41, 5.74) is 7.60. The van der Waals surface area contributed by atoms with Gasteiger partial charge < -0.3 is 10.2 Å². The molecule has 0 amide bonds. The Bertz CT molecular complexity index is 386. The zero-order valence-electron chi connectivity index (χ0n) is 12.3. The summed E-state index contributed by atoms with van der Waals surface area (Å²) < 4.78 is 6.16. The van der Waals surface area contributed by atoms with Crippen LogP contribution in [0.2, 0.25) is 18.1 Å². The van der Waals surface area contributed by atoms with Gasteiger partial charge >= 0.3 is 0 Å². The van der Waals surface area contributed by atoms with Crippen molar-refractivity contribution in [2.45, 2.75) is 51.9 Å². The molecule has 102 valence electrons. The van der Waals surface area contributed by atoms with E-state index in [2.05, 4.69) is 38.8 Å². The van der Waals surface area contributed by atoms with E-state index in [0.717, 1.165) is 17.8 Å². The predicted molar refractivity (Wildman–Crippen MR) is 79.0 cm³/mol. The molecule has 3 nitrogen and oxygen atoms in total. The van der Waals surface area contributed by atoms with E-state index in [-0.39, 0.29) is 5.04 Å². The molecule has 0 fully saturated rings. The molecule has 18 heavy (non-hydrogen) atoms. The molecule has 0 atom stereocenters. The molecule has 4 heteroatoms. The number of hydrogen-bond acceptors (Lipinski definition) is 3. The van der Waals surface area contributed by atoms with Gasteiger partial charge in [0, 0.05) is 12.1 Å². The van der Waals surface area contributed by atoms with Crippen LogP contribution in [0.3, 0.4) is 0 Å². The fourth-order valence-electron chi connectivity index (χ4n) is 1.37.